The van der Waals surface area contributed by atoms with Crippen LogP contribution in [-0.4, -0.2) is 21.0 Å². The minimum atomic E-state index is -1.03. The van der Waals surface area contributed by atoms with Gasteiger partial charge in [-0.25, -0.2) is 14.8 Å². The summed E-state index contributed by atoms with van der Waals surface area (Å²) in [6.45, 7) is 0. The highest BCUT2D eigenvalue weighted by molar-refractivity contribution is 7.99. The molecule has 0 unspecified atom stereocenters. The zero-order chi connectivity index (χ0) is 14.0. The Balaban J connectivity index is 2.30. The van der Waals surface area contributed by atoms with Crippen LogP contribution >= 0.6 is 11.8 Å². The molecule has 1 heterocycles. The van der Waals surface area contributed by atoms with Gasteiger partial charge in [0.25, 0.3) is 0 Å². The first kappa shape index (κ1) is 13.0. The van der Waals surface area contributed by atoms with Gasteiger partial charge in [0, 0.05) is 16.6 Å². The summed E-state index contributed by atoms with van der Waals surface area (Å²) in [6.07, 6.45) is 0. The fourth-order valence-corrected chi connectivity index (χ4v) is 2.19. The van der Waals surface area contributed by atoms with Crippen molar-refractivity contribution in [1.82, 2.24) is 9.97 Å². The Kier molecular flexibility index (Phi) is 3.43. The number of carboxylic acid groups (broad SMARTS) is 1. The minimum Gasteiger partial charge on any atom is -0.478 e. The Hall–Kier alpha value is -2.48. The first-order chi connectivity index (χ1) is 8.95. The van der Waals surface area contributed by atoms with Gasteiger partial charge < -0.3 is 22.3 Å². The lowest BCUT2D eigenvalue weighted by Crippen LogP contribution is -2.01. The van der Waals surface area contributed by atoms with E-state index in [2.05, 4.69) is 9.97 Å². The molecule has 1 aromatic carbocycles. The van der Waals surface area contributed by atoms with Crippen LogP contribution in [0, 0.1) is 0 Å². The molecular formula is C11H11N5O2S. The third-order valence-corrected chi connectivity index (χ3v) is 3.16. The number of nitrogens with two attached hydrogens (primary N) is 3. The van der Waals surface area contributed by atoms with Gasteiger partial charge in [-0.15, -0.1) is 0 Å². The largest absolute Gasteiger partial charge is 0.478 e. The van der Waals surface area contributed by atoms with Gasteiger partial charge in [0.2, 0.25) is 0 Å². The molecular weight excluding hydrogens is 266 g/mol. The number of carboxylic acids is 1. The van der Waals surface area contributed by atoms with Crippen LogP contribution in [0.1, 0.15) is 10.4 Å². The maximum absolute atomic E-state index is 10.8. The van der Waals surface area contributed by atoms with E-state index >= 15 is 0 Å². The monoisotopic (exact) mass is 277 g/mol. The van der Waals surface area contributed by atoms with Crippen molar-refractivity contribution in [2.24, 2.45) is 0 Å². The predicted octanol–water partition coefficient (Wildman–Crippen LogP) is 1.07. The number of rotatable bonds is 3. The van der Waals surface area contributed by atoms with E-state index in [0.717, 1.165) is 11.8 Å². The Morgan fingerprint density at radius 3 is 2.26 bits per heavy atom. The van der Waals surface area contributed by atoms with Crippen LogP contribution in [0.25, 0.3) is 0 Å². The SMILES string of the molecule is Nc1cc(N)nc(Sc2ccc(C(=O)O)cc2N)n1. The summed E-state index contributed by atoms with van der Waals surface area (Å²) < 4.78 is 0. The van der Waals surface area contributed by atoms with Crippen molar-refractivity contribution in [3.8, 4) is 0 Å². The summed E-state index contributed by atoms with van der Waals surface area (Å²) in [5, 5.41) is 9.20. The van der Waals surface area contributed by atoms with Crippen molar-refractivity contribution in [1.29, 1.82) is 0 Å². The molecule has 1 aromatic heterocycles. The molecule has 0 atom stereocenters. The number of aromatic nitrogens is 2. The van der Waals surface area contributed by atoms with Gasteiger partial charge in [0.15, 0.2) is 5.16 Å². The van der Waals surface area contributed by atoms with Crippen molar-refractivity contribution < 1.29 is 9.90 Å². The van der Waals surface area contributed by atoms with Gasteiger partial charge in [-0.1, -0.05) is 0 Å². The number of aromatic carboxylic acids is 1. The lowest BCUT2D eigenvalue weighted by atomic mass is 10.2. The van der Waals surface area contributed by atoms with Gasteiger partial charge in [-0.3, -0.25) is 0 Å². The zero-order valence-corrected chi connectivity index (χ0v) is 10.5. The van der Waals surface area contributed by atoms with Crippen LogP contribution in [0.3, 0.4) is 0 Å². The normalized spacial score (nSPS) is 10.3. The fraction of sp³-hybridized carbons (Fsp3) is 0. The lowest BCUT2D eigenvalue weighted by Gasteiger charge is -2.06. The second-order valence-electron chi connectivity index (χ2n) is 3.66. The van der Waals surface area contributed by atoms with Crippen LogP contribution in [0.5, 0.6) is 0 Å². The number of anilines is 3. The molecule has 19 heavy (non-hydrogen) atoms. The van der Waals surface area contributed by atoms with Crippen LogP contribution in [0.4, 0.5) is 17.3 Å². The number of benzene rings is 1. The molecule has 0 saturated carbocycles. The molecule has 0 spiro atoms. The number of nitrogens with zero attached hydrogens (tertiary/aromatic N) is 2. The van der Waals surface area contributed by atoms with E-state index in [1.165, 1.54) is 18.2 Å². The van der Waals surface area contributed by atoms with Crippen LogP contribution < -0.4 is 17.2 Å². The Labute approximate surface area is 112 Å². The Morgan fingerprint density at radius 1 is 1.11 bits per heavy atom. The van der Waals surface area contributed by atoms with E-state index in [-0.39, 0.29) is 17.2 Å². The van der Waals surface area contributed by atoms with E-state index in [9.17, 15) is 4.79 Å². The summed E-state index contributed by atoms with van der Waals surface area (Å²) in [5.74, 6) is -0.515. The third-order valence-electron chi connectivity index (χ3n) is 2.20. The van der Waals surface area contributed by atoms with Gasteiger partial charge in [0.05, 0.1) is 5.56 Å². The summed E-state index contributed by atoms with van der Waals surface area (Å²) in [7, 11) is 0. The van der Waals surface area contributed by atoms with Crippen LogP contribution in [0.2, 0.25) is 0 Å². The second kappa shape index (κ2) is 5.02. The standard InChI is InChI=1S/C11H11N5O2S/c12-6-3-5(10(17)18)1-2-7(6)19-11-15-8(13)4-9(14)16-11/h1-4H,12H2,(H,17,18)(H4,13,14,15,16). The first-order valence-electron chi connectivity index (χ1n) is 5.16. The van der Waals surface area contributed by atoms with Crippen molar-refractivity contribution in [3.63, 3.8) is 0 Å². The zero-order valence-electron chi connectivity index (χ0n) is 9.70. The summed E-state index contributed by atoms with van der Waals surface area (Å²) in [6, 6.07) is 5.87. The minimum absolute atomic E-state index is 0.120. The molecule has 2 aromatic rings. The van der Waals surface area contributed by atoms with E-state index in [0.29, 0.717) is 15.7 Å². The van der Waals surface area contributed by atoms with E-state index < -0.39 is 5.97 Å². The molecule has 0 radical (unpaired) electrons. The first-order valence-corrected chi connectivity index (χ1v) is 5.98. The molecule has 98 valence electrons. The van der Waals surface area contributed by atoms with Gasteiger partial charge >= 0.3 is 5.97 Å². The highest BCUT2D eigenvalue weighted by atomic mass is 32.2. The van der Waals surface area contributed by atoms with E-state index in [4.69, 9.17) is 22.3 Å². The maximum Gasteiger partial charge on any atom is 0.335 e. The molecule has 7 nitrogen and oxygen atoms in total. The fourth-order valence-electron chi connectivity index (χ4n) is 1.38. The number of hydrogen-bond acceptors (Lipinski definition) is 7. The van der Waals surface area contributed by atoms with Crippen molar-refractivity contribution in [3.05, 3.63) is 29.8 Å². The average molecular weight is 277 g/mol. The number of carbonyl (C=O) groups is 1. The van der Waals surface area contributed by atoms with Crippen molar-refractivity contribution >= 4 is 35.1 Å². The van der Waals surface area contributed by atoms with Crippen LogP contribution in [-0.2, 0) is 0 Å². The highest BCUT2D eigenvalue weighted by Crippen LogP contribution is 2.31. The Morgan fingerprint density at radius 2 is 1.74 bits per heavy atom. The topological polar surface area (TPSA) is 141 Å². The molecule has 0 aliphatic rings. The van der Waals surface area contributed by atoms with Crippen molar-refractivity contribution in [2.45, 2.75) is 10.1 Å². The van der Waals surface area contributed by atoms with E-state index in [1.807, 2.05) is 0 Å². The third kappa shape index (κ3) is 3.05. The summed E-state index contributed by atoms with van der Waals surface area (Å²) >= 11 is 1.16. The van der Waals surface area contributed by atoms with Crippen LogP contribution in [0.15, 0.2) is 34.3 Å². The molecule has 0 aliphatic carbocycles. The summed E-state index contributed by atoms with van der Waals surface area (Å²) in [4.78, 5) is 19.4. The van der Waals surface area contributed by atoms with Gasteiger partial charge in [-0.2, -0.15) is 0 Å². The highest BCUT2D eigenvalue weighted by Gasteiger charge is 2.09. The molecule has 0 bridgehead atoms. The molecule has 0 amide bonds. The van der Waals surface area contributed by atoms with Gasteiger partial charge in [-0.05, 0) is 30.0 Å². The molecule has 2 rings (SSSR count). The lowest BCUT2D eigenvalue weighted by molar-refractivity contribution is 0.0697. The molecule has 7 N–H and O–H groups in total. The molecule has 8 heteroatoms. The van der Waals surface area contributed by atoms with Gasteiger partial charge in [0.1, 0.15) is 11.6 Å². The predicted molar refractivity (Wildman–Crippen MR) is 72.8 cm³/mol. The maximum atomic E-state index is 10.8. The second-order valence-corrected chi connectivity index (χ2v) is 4.67. The summed E-state index contributed by atoms with van der Waals surface area (Å²) in [5.41, 5.74) is 17.4. The quantitative estimate of drug-likeness (QED) is 0.482. The number of nitrogen functional groups attached to an aromatic ring is 3. The Bertz CT molecular complexity index is 627. The smallest absolute Gasteiger partial charge is 0.335 e. The average Bonchev–Trinajstić information content (AvgIpc) is 2.30. The molecule has 0 aliphatic heterocycles. The molecule has 0 saturated heterocycles. The molecule has 0 fully saturated rings. The van der Waals surface area contributed by atoms with Crippen molar-refractivity contribution in [2.75, 3.05) is 17.2 Å². The van der Waals surface area contributed by atoms with E-state index in [1.54, 1.807) is 6.07 Å². The number of hydrogen-bond donors (Lipinski definition) is 4.